The zero-order valence-electron chi connectivity index (χ0n) is 13.8. The van der Waals surface area contributed by atoms with Gasteiger partial charge in [0.05, 0.1) is 5.69 Å². The lowest BCUT2D eigenvalue weighted by molar-refractivity contribution is 0.102. The van der Waals surface area contributed by atoms with E-state index in [2.05, 4.69) is 16.7 Å². The van der Waals surface area contributed by atoms with Crippen LogP contribution in [-0.2, 0) is 0 Å². The molecule has 0 atom stereocenters. The van der Waals surface area contributed by atoms with Gasteiger partial charge in [-0.3, -0.25) is 4.79 Å². The smallest absolute Gasteiger partial charge is 0.316 e. The minimum atomic E-state index is -0.630. The van der Waals surface area contributed by atoms with Gasteiger partial charge in [-0.25, -0.2) is 4.79 Å². The van der Waals surface area contributed by atoms with E-state index < -0.39 is 6.03 Å². The van der Waals surface area contributed by atoms with Crippen molar-refractivity contribution in [3.63, 3.8) is 0 Å². The first-order valence-corrected chi connectivity index (χ1v) is 9.23. The van der Waals surface area contributed by atoms with Gasteiger partial charge >= 0.3 is 6.03 Å². The number of urea groups is 1. The van der Waals surface area contributed by atoms with E-state index in [1.54, 1.807) is 24.3 Å². The maximum Gasteiger partial charge on any atom is 0.316 e. The van der Waals surface area contributed by atoms with Crippen molar-refractivity contribution < 1.29 is 9.59 Å². The van der Waals surface area contributed by atoms with Gasteiger partial charge in [0.2, 0.25) is 0 Å². The number of nitrogens with two attached hydrogens (primary N) is 1. The summed E-state index contributed by atoms with van der Waals surface area (Å²) in [6.45, 7) is 0. The van der Waals surface area contributed by atoms with Crippen LogP contribution in [0.4, 0.5) is 16.2 Å². The van der Waals surface area contributed by atoms with Crippen molar-refractivity contribution in [3.8, 4) is 0 Å². The number of anilines is 2. The minimum absolute atomic E-state index is 0.176. The normalized spacial score (nSPS) is 14.2. The minimum Gasteiger partial charge on any atom is -0.351 e. The van der Waals surface area contributed by atoms with E-state index in [4.69, 9.17) is 5.73 Å². The molecule has 0 heterocycles. The molecule has 1 aliphatic carbocycles. The molecule has 0 aromatic heterocycles. The van der Waals surface area contributed by atoms with Gasteiger partial charge in [-0.15, -0.1) is 11.8 Å². The van der Waals surface area contributed by atoms with Crippen molar-refractivity contribution in [2.45, 2.75) is 35.8 Å². The summed E-state index contributed by atoms with van der Waals surface area (Å²) in [5, 5.41) is 6.10. The second-order valence-electron chi connectivity index (χ2n) is 6.04. The van der Waals surface area contributed by atoms with Gasteiger partial charge in [0, 0.05) is 21.4 Å². The molecule has 0 aliphatic heterocycles. The molecule has 2 aromatic carbocycles. The number of para-hydroxylation sites is 1. The van der Waals surface area contributed by atoms with Crippen LogP contribution in [0.2, 0.25) is 0 Å². The first kappa shape index (κ1) is 17.4. The van der Waals surface area contributed by atoms with Crippen molar-refractivity contribution in [2.24, 2.45) is 5.73 Å². The molecule has 0 unspecified atom stereocenters. The number of benzene rings is 2. The summed E-state index contributed by atoms with van der Waals surface area (Å²) >= 11 is 1.85. The number of hydrogen-bond acceptors (Lipinski definition) is 3. The van der Waals surface area contributed by atoms with Gasteiger partial charge in [0.25, 0.3) is 5.91 Å². The van der Waals surface area contributed by atoms with Crippen molar-refractivity contribution in [2.75, 3.05) is 10.6 Å². The van der Waals surface area contributed by atoms with E-state index in [1.165, 1.54) is 25.7 Å². The Balaban J connectivity index is 1.69. The van der Waals surface area contributed by atoms with E-state index in [0.717, 1.165) is 10.6 Å². The molecule has 0 bridgehead atoms. The average Bonchev–Trinajstić information content (AvgIpc) is 3.10. The van der Waals surface area contributed by atoms with E-state index in [0.29, 0.717) is 16.5 Å². The molecule has 130 valence electrons. The molecule has 0 saturated heterocycles. The molecular weight excluding hydrogens is 334 g/mol. The van der Waals surface area contributed by atoms with Crippen LogP contribution in [0.3, 0.4) is 0 Å². The molecule has 2 aromatic rings. The average molecular weight is 355 g/mol. The molecule has 1 aliphatic rings. The second-order valence-corrected chi connectivity index (χ2v) is 7.38. The highest BCUT2D eigenvalue weighted by atomic mass is 32.2. The molecule has 1 saturated carbocycles. The summed E-state index contributed by atoms with van der Waals surface area (Å²) in [6, 6.07) is 13.9. The largest absolute Gasteiger partial charge is 0.351 e. The lowest BCUT2D eigenvalue weighted by atomic mass is 10.2. The predicted molar refractivity (Wildman–Crippen MR) is 102 cm³/mol. The Bertz CT molecular complexity index is 756. The summed E-state index contributed by atoms with van der Waals surface area (Å²) < 4.78 is 0. The SMILES string of the molecule is NC(=O)Nc1ccc(C(=O)Nc2ccccc2SC2CCCC2)cc1. The molecule has 5 nitrogen and oxygen atoms in total. The highest BCUT2D eigenvalue weighted by Gasteiger charge is 2.18. The van der Waals surface area contributed by atoms with Crippen LogP contribution >= 0.6 is 11.8 Å². The molecule has 1 fully saturated rings. The van der Waals surface area contributed by atoms with E-state index in [1.807, 2.05) is 30.0 Å². The van der Waals surface area contributed by atoms with Crippen molar-refractivity contribution >= 4 is 35.1 Å². The lowest BCUT2D eigenvalue weighted by Crippen LogP contribution is -2.19. The number of carbonyl (C=O) groups is 2. The number of primary amides is 1. The molecule has 6 heteroatoms. The third-order valence-corrected chi connectivity index (χ3v) is 5.56. The number of thioether (sulfide) groups is 1. The fraction of sp³-hybridized carbons (Fsp3) is 0.263. The zero-order valence-corrected chi connectivity index (χ0v) is 14.6. The van der Waals surface area contributed by atoms with Gasteiger partial charge in [-0.05, 0) is 49.2 Å². The van der Waals surface area contributed by atoms with Crippen LogP contribution in [0, 0.1) is 0 Å². The Morgan fingerprint density at radius 2 is 1.64 bits per heavy atom. The van der Waals surface area contributed by atoms with Gasteiger partial charge in [0.15, 0.2) is 0 Å². The third kappa shape index (κ3) is 4.76. The summed E-state index contributed by atoms with van der Waals surface area (Å²) in [5.41, 5.74) is 6.99. The number of carbonyl (C=O) groups excluding carboxylic acids is 2. The summed E-state index contributed by atoms with van der Waals surface area (Å²) in [4.78, 5) is 24.4. The Kier molecular flexibility index (Phi) is 5.60. The van der Waals surface area contributed by atoms with Gasteiger partial charge in [0.1, 0.15) is 0 Å². The second kappa shape index (κ2) is 8.07. The highest BCUT2D eigenvalue weighted by molar-refractivity contribution is 8.00. The fourth-order valence-electron chi connectivity index (χ4n) is 2.90. The topological polar surface area (TPSA) is 84.2 Å². The first-order chi connectivity index (χ1) is 12.1. The van der Waals surface area contributed by atoms with Crippen LogP contribution in [0.5, 0.6) is 0 Å². The highest BCUT2D eigenvalue weighted by Crippen LogP contribution is 2.38. The molecule has 0 radical (unpaired) electrons. The number of amides is 3. The lowest BCUT2D eigenvalue weighted by Gasteiger charge is -2.14. The zero-order chi connectivity index (χ0) is 17.6. The Labute approximate surface area is 151 Å². The number of hydrogen-bond donors (Lipinski definition) is 3. The maximum atomic E-state index is 12.5. The number of nitrogens with one attached hydrogen (secondary N) is 2. The van der Waals surface area contributed by atoms with Crippen molar-refractivity contribution in [1.29, 1.82) is 0 Å². The van der Waals surface area contributed by atoms with Crippen LogP contribution < -0.4 is 16.4 Å². The molecular formula is C19H21N3O2S. The maximum absolute atomic E-state index is 12.5. The Morgan fingerprint density at radius 3 is 2.32 bits per heavy atom. The molecule has 3 amide bonds. The van der Waals surface area contributed by atoms with Crippen LogP contribution in [0.15, 0.2) is 53.4 Å². The van der Waals surface area contributed by atoms with Gasteiger partial charge < -0.3 is 16.4 Å². The monoisotopic (exact) mass is 355 g/mol. The van der Waals surface area contributed by atoms with Crippen molar-refractivity contribution in [3.05, 3.63) is 54.1 Å². The quantitative estimate of drug-likeness (QED) is 0.740. The van der Waals surface area contributed by atoms with Crippen LogP contribution in [-0.4, -0.2) is 17.2 Å². The summed E-state index contributed by atoms with van der Waals surface area (Å²) in [5.74, 6) is -0.176. The molecule has 4 N–H and O–H groups in total. The standard InChI is InChI=1S/C19H21N3O2S/c20-19(24)21-14-11-9-13(10-12-14)18(23)22-16-7-3-4-8-17(16)25-15-5-1-2-6-15/h3-4,7-12,15H,1-2,5-6H2,(H,22,23)(H3,20,21,24). The van der Waals surface area contributed by atoms with Gasteiger partial charge in [-0.2, -0.15) is 0 Å². The third-order valence-electron chi connectivity index (χ3n) is 4.15. The summed E-state index contributed by atoms with van der Waals surface area (Å²) in [6.07, 6.45) is 5.05. The van der Waals surface area contributed by atoms with E-state index in [-0.39, 0.29) is 5.91 Å². The van der Waals surface area contributed by atoms with Crippen molar-refractivity contribution in [1.82, 2.24) is 0 Å². The Morgan fingerprint density at radius 1 is 0.960 bits per heavy atom. The molecule has 3 rings (SSSR count). The first-order valence-electron chi connectivity index (χ1n) is 8.35. The predicted octanol–water partition coefficient (Wildman–Crippen LogP) is 4.46. The summed E-state index contributed by atoms with van der Waals surface area (Å²) in [7, 11) is 0. The number of rotatable bonds is 5. The van der Waals surface area contributed by atoms with Gasteiger partial charge in [-0.1, -0.05) is 25.0 Å². The van der Waals surface area contributed by atoms with E-state index >= 15 is 0 Å². The van der Waals surface area contributed by atoms with Crippen LogP contribution in [0.25, 0.3) is 0 Å². The van der Waals surface area contributed by atoms with E-state index in [9.17, 15) is 9.59 Å². The Hall–Kier alpha value is -2.47. The fourth-order valence-corrected chi connectivity index (χ4v) is 4.23. The molecule has 25 heavy (non-hydrogen) atoms. The molecule has 0 spiro atoms. The van der Waals surface area contributed by atoms with Crippen LogP contribution in [0.1, 0.15) is 36.0 Å².